The van der Waals surface area contributed by atoms with Crippen molar-refractivity contribution in [2.75, 3.05) is 39.3 Å². The predicted molar refractivity (Wildman–Crippen MR) is 192 cm³/mol. The lowest BCUT2D eigenvalue weighted by Gasteiger charge is -2.37. The Morgan fingerprint density at radius 1 is 0.959 bits per heavy atom. The Morgan fingerprint density at radius 3 is 2.33 bits per heavy atom. The number of nitrogens with one attached hydrogen (secondary N) is 2. The number of aromatic amines is 1. The maximum atomic E-state index is 13.3. The molecule has 9 heteroatoms. The smallest absolute Gasteiger partial charge is 0.248 e. The van der Waals surface area contributed by atoms with E-state index in [1.807, 2.05) is 72.8 Å². The Kier molecular flexibility index (Phi) is 10.7. The van der Waals surface area contributed by atoms with E-state index in [0.29, 0.717) is 36.2 Å². The number of nitrogens with two attached hydrogens (primary N) is 1. The van der Waals surface area contributed by atoms with Crippen LogP contribution in [0, 0.1) is 5.92 Å². The first-order chi connectivity index (χ1) is 23.9. The summed E-state index contributed by atoms with van der Waals surface area (Å²) in [6.45, 7) is 4.18. The molecule has 0 radical (unpaired) electrons. The third-order valence-corrected chi connectivity index (χ3v) is 9.74. The van der Waals surface area contributed by atoms with E-state index < -0.39 is 11.5 Å². The van der Waals surface area contributed by atoms with E-state index in [9.17, 15) is 19.8 Å². The highest BCUT2D eigenvalue weighted by molar-refractivity contribution is 5.91. The maximum Gasteiger partial charge on any atom is 0.248 e. The number of aromatic hydroxyl groups is 1. The van der Waals surface area contributed by atoms with Crippen LogP contribution in [0.1, 0.15) is 41.2 Å². The van der Waals surface area contributed by atoms with Crippen molar-refractivity contribution in [3.05, 3.63) is 142 Å². The van der Waals surface area contributed by atoms with Gasteiger partial charge in [-0.25, -0.2) is 0 Å². The quantitative estimate of drug-likeness (QED) is 0.103. The van der Waals surface area contributed by atoms with Crippen LogP contribution in [0.4, 0.5) is 0 Å². The molecule has 6 N–H and O–H groups in total. The van der Waals surface area contributed by atoms with Gasteiger partial charge in [-0.05, 0) is 84.8 Å². The topological polar surface area (TPSA) is 141 Å². The number of carbonyl (C=O) groups is 1. The molecule has 0 bridgehead atoms. The molecule has 1 saturated heterocycles. The second-order valence-electron chi connectivity index (χ2n) is 12.8. The van der Waals surface area contributed by atoms with Gasteiger partial charge in [-0.1, -0.05) is 78.9 Å². The van der Waals surface area contributed by atoms with Crippen LogP contribution in [0.15, 0.2) is 114 Å². The minimum atomic E-state index is -0.880. The lowest BCUT2D eigenvalue weighted by Crippen LogP contribution is -2.49. The number of rotatable bonds is 15. The highest BCUT2D eigenvalue weighted by atomic mass is 16.5. The molecule has 1 amide bonds. The van der Waals surface area contributed by atoms with Gasteiger partial charge in [0.1, 0.15) is 16.9 Å². The zero-order valence-electron chi connectivity index (χ0n) is 27.6. The molecule has 1 aliphatic heterocycles. The van der Waals surface area contributed by atoms with E-state index in [1.165, 1.54) is 12.1 Å². The van der Waals surface area contributed by atoms with Gasteiger partial charge in [0.2, 0.25) is 11.5 Å². The van der Waals surface area contributed by atoms with Gasteiger partial charge in [0.25, 0.3) is 0 Å². The molecule has 4 aromatic carbocycles. The summed E-state index contributed by atoms with van der Waals surface area (Å²) in [5, 5.41) is 24.8. The van der Waals surface area contributed by atoms with Gasteiger partial charge in [0.05, 0.1) is 18.2 Å². The highest BCUT2D eigenvalue weighted by Gasteiger charge is 2.49. The van der Waals surface area contributed by atoms with Crippen LogP contribution in [-0.2, 0) is 16.6 Å². The van der Waals surface area contributed by atoms with E-state index in [1.54, 1.807) is 12.1 Å². The van der Waals surface area contributed by atoms with Crippen molar-refractivity contribution in [1.82, 2.24) is 15.2 Å². The summed E-state index contributed by atoms with van der Waals surface area (Å²) in [4.78, 5) is 30.0. The van der Waals surface area contributed by atoms with Crippen molar-refractivity contribution in [1.29, 1.82) is 0 Å². The van der Waals surface area contributed by atoms with E-state index in [-0.39, 0.29) is 23.1 Å². The van der Waals surface area contributed by atoms with Crippen molar-refractivity contribution in [2.45, 2.75) is 30.8 Å². The first kappa shape index (κ1) is 33.9. The van der Waals surface area contributed by atoms with Crippen molar-refractivity contribution in [3.8, 4) is 11.5 Å². The number of phenolic OH excluding ortho intramolecular Hbond substituents is 1. The first-order valence-electron chi connectivity index (χ1n) is 16.9. The van der Waals surface area contributed by atoms with Gasteiger partial charge in [-0.3, -0.25) is 9.59 Å². The van der Waals surface area contributed by atoms with Crippen LogP contribution in [-0.4, -0.2) is 65.3 Å². The number of H-pyrrole nitrogens is 1. The molecule has 1 aromatic heterocycles. The van der Waals surface area contributed by atoms with Gasteiger partial charge in [0.15, 0.2) is 0 Å². The van der Waals surface area contributed by atoms with Crippen LogP contribution in [0.3, 0.4) is 0 Å². The fourth-order valence-corrected chi connectivity index (χ4v) is 7.28. The third kappa shape index (κ3) is 7.54. The molecular formula is C40H44N4O5. The number of aliphatic hydroxyl groups is 1. The van der Waals surface area contributed by atoms with E-state index in [4.69, 9.17) is 10.5 Å². The summed E-state index contributed by atoms with van der Waals surface area (Å²) in [6.07, 6.45) is 1.74. The molecule has 49 heavy (non-hydrogen) atoms. The van der Waals surface area contributed by atoms with E-state index >= 15 is 0 Å². The number of pyridine rings is 1. The largest absolute Gasteiger partial charge is 0.506 e. The van der Waals surface area contributed by atoms with Crippen LogP contribution in [0.5, 0.6) is 11.5 Å². The van der Waals surface area contributed by atoms with Gasteiger partial charge in [-0.15, -0.1) is 0 Å². The Morgan fingerprint density at radius 2 is 1.65 bits per heavy atom. The van der Waals surface area contributed by atoms with Gasteiger partial charge in [-0.2, -0.15) is 0 Å². The molecule has 0 aliphatic carbocycles. The molecule has 1 fully saturated rings. The number of ether oxygens (including phenoxy) is 1. The monoisotopic (exact) mass is 660 g/mol. The number of fused-ring (bicyclic) bond motifs is 1. The summed E-state index contributed by atoms with van der Waals surface area (Å²) < 4.78 is 6.06. The number of amides is 1. The second kappa shape index (κ2) is 15.5. The van der Waals surface area contributed by atoms with E-state index in [2.05, 4.69) is 27.3 Å². The van der Waals surface area contributed by atoms with Crippen molar-refractivity contribution >= 4 is 16.8 Å². The first-order valence-corrected chi connectivity index (χ1v) is 16.9. The number of likely N-dealkylation sites (tertiary alicyclic amines) is 1. The van der Waals surface area contributed by atoms with Gasteiger partial charge >= 0.3 is 0 Å². The summed E-state index contributed by atoms with van der Waals surface area (Å²) >= 11 is 0. The minimum absolute atomic E-state index is 0.0277. The van der Waals surface area contributed by atoms with Crippen molar-refractivity contribution < 1.29 is 19.7 Å². The summed E-state index contributed by atoms with van der Waals surface area (Å²) in [5.41, 5.74) is 9.07. The summed E-state index contributed by atoms with van der Waals surface area (Å²) in [7, 11) is 0. The molecular weight excluding hydrogens is 616 g/mol. The highest BCUT2D eigenvalue weighted by Crippen LogP contribution is 2.43. The fraction of sp³-hybridized carbons (Fsp3) is 0.300. The normalized spacial score (nSPS) is 15.7. The average Bonchev–Trinajstić information content (AvgIpc) is 3.59. The van der Waals surface area contributed by atoms with Crippen LogP contribution < -0.4 is 21.3 Å². The lowest BCUT2D eigenvalue weighted by atomic mass is 9.64. The SMILES string of the molecule is NC(=O)C(c1ccccc1)(c1ccccc1)[C@@H]1CCN(CCCOc2ccc(CCNC[C@H](O)c3ccc(O)c4[nH]c(=O)ccc34)cc2)C1. The van der Waals surface area contributed by atoms with Crippen LogP contribution in [0.25, 0.3) is 10.9 Å². The Balaban J connectivity index is 0.950. The number of aliphatic hydroxyl groups excluding tert-OH is 1. The molecule has 2 heterocycles. The number of primary amides is 1. The van der Waals surface area contributed by atoms with Crippen LogP contribution in [0.2, 0.25) is 0 Å². The fourth-order valence-electron chi connectivity index (χ4n) is 7.28. The number of aromatic nitrogens is 1. The Bertz CT molecular complexity index is 1860. The zero-order chi connectivity index (χ0) is 34.2. The predicted octanol–water partition coefficient (Wildman–Crippen LogP) is 4.66. The molecule has 254 valence electrons. The third-order valence-electron chi connectivity index (χ3n) is 9.74. The number of phenols is 1. The number of hydrogen-bond donors (Lipinski definition) is 5. The standard InChI is InChI=1S/C40H44N4O5/c41-39(48)40(29-8-3-1-4-9-29,30-10-5-2-6-11-30)31-21-24-44(27-31)23-7-25-49-32-14-12-28(13-15-32)20-22-42-26-36(46)33-16-18-35(45)38-34(33)17-19-37(47)43-38/h1-6,8-19,31,36,42,45-46H,7,20-27H2,(H2,41,48)(H,43,47)/t31-,36+/m1/s1. The summed E-state index contributed by atoms with van der Waals surface area (Å²) in [5.74, 6) is 0.560. The second-order valence-corrected chi connectivity index (χ2v) is 12.8. The van der Waals surface area contributed by atoms with Crippen molar-refractivity contribution in [2.24, 2.45) is 11.7 Å². The number of hydrogen-bond acceptors (Lipinski definition) is 7. The van der Waals surface area contributed by atoms with E-state index in [0.717, 1.165) is 61.3 Å². The van der Waals surface area contributed by atoms with Crippen molar-refractivity contribution in [3.63, 3.8) is 0 Å². The molecule has 5 aromatic rings. The molecule has 2 atom stereocenters. The maximum absolute atomic E-state index is 13.3. The molecule has 0 saturated carbocycles. The minimum Gasteiger partial charge on any atom is -0.506 e. The Hall–Kier alpha value is -4.96. The lowest BCUT2D eigenvalue weighted by molar-refractivity contribution is -0.123. The van der Waals surface area contributed by atoms with Crippen LogP contribution >= 0.6 is 0 Å². The molecule has 0 spiro atoms. The molecule has 1 aliphatic rings. The summed E-state index contributed by atoms with van der Waals surface area (Å²) in [6, 6.07) is 34.2. The number of nitrogens with zero attached hydrogens (tertiary/aromatic N) is 1. The van der Waals surface area contributed by atoms with Gasteiger partial charge in [0, 0.05) is 31.1 Å². The Labute approximate surface area is 286 Å². The molecule has 9 nitrogen and oxygen atoms in total. The molecule has 6 rings (SSSR count). The number of carbonyl (C=O) groups excluding carboxylic acids is 1. The zero-order valence-corrected chi connectivity index (χ0v) is 27.6. The van der Waals surface area contributed by atoms with Gasteiger partial charge < -0.3 is 35.9 Å². The number of benzene rings is 4. The average molecular weight is 661 g/mol. The molecule has 0 unspecified atom stereocenters.